The van der Waals surface area contributed by atoms with E-state index >= 15 is 0 Å². The summed E-state index contributed by atoms with van der Waals surface area (Å²) < 4.78 is 6.39. The second-order valence-corrected chi connectivity index (χ2v) is 5.12. The number of para-hydroxylation sites is 2. The lowest BCUT2D eigenvalue weighted by Gasteiger charge is -2.07. The minimum atomic E-state index is -0.664. The number of benzene rings is 2. The molecule has 0 aliphatic rings. The van der Waals surface area contributed by atoms with Crippen molar-refractivity contribution in [1.82, 2.24) is 9.55 Å². The molecule has 23 heavy (non-hydrogen) atoms. The molecule has 0 radical (unpaired) electrons. The van der Waals surface area contributed by atoms with Crippen molar-refractivity contribution >= 4 is 34.4 Å². The molecule has 116 valence electrons. The van der Waals surface area contributed by atoms with E-state index in [2.05, 4.69) is 4.98 Å². The molecule has 0 saturated heterocycles. The number of imidazole rings is 1. The molecule has 0 saturated carbocycles. The number of nitrogens with zero attached hydrogens (tertiary/aromatic N) is 3. The summed E-state index contributed by atoms with van der Waals surface area (Å²) in [6.07, 6.45) is 0.687. The van der Waals surface area contributed by atoms with E-state index in [1.807, 2.05) is 6.07 Å². The molecule has 3 aromatic rings. The first kappa shape index (κ1) is 15.0. The third-order valence-corrected chi connectivity index (χ3v) is 3.48. The van der Waals surface area contributed by atoms with Crippen molar-refractivity contribution in [2.75, 3.05) is 0 Å². The zero-order chi connectivity index (χ0) is 16.4. The first-order valence-corrected chi connectivity index (χ1v) is 6.96. The molecule has 2 aromatic carbocycles. The average molecular weight is 332 g/mol. The number of aromatic nitrogens is 2. The Kier molecular flexibility index (Phi) is 3.94. The van der Waals surface area contributed by atoms with Gasteiger partial charge in [0, 0.05) is 11.1 Å². The van der Waals surface area contributed by atoms with Gasteiger partial charge in [-0.3, -0.25) is 10.1 Å². The van der Waals surface area contributed by atoms with E-state index in [1.54, 1.807) is 18.2 Å². The predicted octanol–water partition coefficient (Wildman–Crippen LogP) is 3.78. The lowest BCUT2D eigenvalue weighted by atomic mass is 10.2. The maximum atomic E-state index is 12.1. The summed E-state index contributed by atoms with van der Waals surface area (Å²) in [5.41, 5.74) is 1.32. The van der Waals surface area contributed by atoms with E-state index in [0.29, 0.717) is 11.0 Å². The fourth-order valence-corrected chi connectivity index (χ4v) is 2.31. The molecule has 8 heteroatoms. The Morgan fingerprint density at radius 1 is 1.30 bits per heavy atom. The molecule has 3 rings (SSSR count). The van der Waals surface area contributed by atoms with Gasteiger partial charge in [0.2, 0.25) is 0 Å². The standard InChI is InChI=1S/C15H10ClN3O4/c16-11-6-5-10(14(7-11)19(21)22)8-23-15(20)18-9-17-12-3-1-2-4-13(12)18/h1-7,9H,8H2. The van der Waals surface area contributed by atoms with Gasteiger partial charge in [-0.2, -0.15) is 0 Å². The van der Waals surface area contributed by atoms with E-state index < -0.39 is 11.0 Å². The maximum absolute atomic E-state index is 12.1. The van der Waals surface area contributed by atoms with E-state index in [-0.39, 0.29) is 22.9 Å². The van der Waals surface area contributed by atoms with Crippen molar-refractivity contribution in [2.45, 2.75) is 6.61 Å². The third-order valence-electron chi connectivity index (χ3n) is 3.25. The highest BCUT2D eigenvalue weighted by Crippen LogP contribution is 2.24. The van der Waals surface area contributed by atoms with Crippen molar-refractivity contribution in [2.24, 2.45) is 0 Å². The lowest BCUT2D eigenvalue weighted by molar-refractivity contribution is -0.385. The van der Waals surface area contributed by atoms with E-state index in [4.69, 9.17) is 16.3 Å². The Morgan fingerprint density at radius 2 is 2.09 bits per heavy atom. The van der Waals surface area contributed by atoms with Gasteiger partial charge in [0.1, 0.15) is 12.9 Å². The first-order valence-electron chi connectivity index (χ1n) is 6.58. The second-order valence-electron chi connectivity index (χ2n) is 4.69. The zero-order valence-electron chi connectivity index (χ0n) is 11.7. The van der Waals surface area contributed by atoms with Crippen molar-refractivity contribution < 1.29 is 14.5 Å². The van der Waals surface area contributed by atoms with Crippen LogP contribution in [0.25, 0.3) is 11.0 Å². The average Bonchev–Trinajstić information content (AvgIpc) is 2.97. The molecule has 0 amide bonds. The van der Waals surface area contributed by atoms with Crippen LogP contribution in [0.1, 0.15) is 5.56 Å². The number of carbonyl (C=O) groups is 1. The number of fused-ring (bicyclic) bond motifs is 1. The molecule has 0 spiro atoms. The molecule has 0 bridgehead atoms. The quantitative estimate of drug-likeness (QED) is 0.538. The van der Waals surface area contributed by atoms with Crippen molar-refractivity contribution in [1.29, 1.82) is 0 Å². The van der Waals surface area contributed by atoms with Gasteiger partial charge in [-0.15, -0.1) is 0 Å². The summed E-state index contributed by atoms with van der Waals surface area (Å²) in [6.45, 7) is -0.237. The number of halogens is 1. The summed E-state index contributed by atoms with van der Waals surface area (Å²) in [5, 5.41) is 11.3. The van der Waals surface area contributed by atoms with Crippen molar-refractivity contribution in [3.8, 4) is 0 Å². The minimum Gasteiger partial charge on any atom is -0.444 e. The van der Waals surface area contributed by atoms with Gasteiger partial charge in [-0.1, -0.05) is 23.7 Å². The van der Waals surface area contributed by atoms with Crippen LogP contribution < -0.4 is 0 Å². The van der Waals surface area contributed by atoms with Crippen LogP contribution in [0.4, 0.5) is 10.5 Å². The highest BCUT2D eigenvalue weighted by molar-refractivity contribution is 6.30. The van der Waals surface area contributed by atoms with Gasteiger partial charge in [0.05, 0.1) is 21.5 Å². The molecule has 1 aromatic heterocycles. The van der Waals surface area contributed by atoms with Crippen LogP contribution in [-0.2, 0) is 11.3 Å². The molecule has 0 aliphatic heterocycles. The largest absolute Gasteiger partial charge is 0.444 e. The Balaban J connectivity index is 1.81. The zero-order valence-corrected chi connectivity index (χ0v) is 12.4. The maximum Gasteiger partial charge on any atom is 0.420 e. The molecule has 1 heterocycles. The third kappa shape index (κ3) is 3.00. The molecule has 7 nitrogen and oxygen atoms in total. The van der Waals surface area contributed by atoms with E-state index in [0.717, 1.165) is 0 Å². The monoisotopic (exact) mass is 331 g/mol. The van der Waals surface area contributed by atoms with Crippen LogP contribution in [0, 0.1) is 10.1 Å². The number of hydrogen-bond acceptors (Lipinski definition) is 5. The molecule has 0 fully saturated rings. The van der Waals surface area contributed by atoms with E-state index in [9.17, 15) is 14.9 Å². The number of nitro groups is 1. The summed E-state index contributed by atoms with van der Waals surface area (Å²) in [6, 6.07) is 11.3. The molecule has 0 atom stereocenters. The fraction of sp³-hybridized carbons (Fsp3) is 0.0667. The van der Waals surface area contributed by atoms with Crippen LogP contribution in [0.15, 0.2) is 48.8 Å². The smallest absolute Gasteiger partial charge is 0.420 e. The topological polar surface area (TPSA) is 87.3 Å². The Hall–Kier alpha value is -2.93. The molecule has 0 aliphatic carbocycles. The molecule has 0 unspecified atom stereocenters. The Morgan fingerprint density at radius 3 is 2.87 bits per heavy atom. The molecular formula is C15H10ClN3O4. The highest BCUT2D eigenvalue weighted by atomic mass is 35.5. The number of rotatable bonds is 3. The van der Waals surface area contributed by atoms with Gasteiger partial charge in [-0.25, -0.2) is 14.3 Å². The van der Waals surface area contributed by atoms with Gasteiger partial charge in [0.15, 0.2) is 0 Å². The summed E-state index contributed by atoms with van der Waals surface area (Å²) in [7, 11) is 0. The SMILES string of the molecule is O=C(OCc1ccc(Cl)cc1[N+](=O)[O-])n1cnc2ccccc21. The first-order chi connectivity index (χ1) is 11.1. The van der Waals surface area contributed by atoms with Gasteiger partial charge in [0.25, 0.3) is 5.69 Å². The van der Waals surface area contributed by atoms with Crippen LogP contribution >= 0.6 is 11.6 Å². The van der Waals surface area contributed by atoms with Crippen LogP contribution in [0.2, 0.25) is 5.02 Å². The fourth-order valence-electron chi connectivity index (χ4n) is 2.14. The highest BCUT2D eigenvalue weighted by Gasteiger charge is 2.17. The Bertz CT molecular complexity index is 907. The van der Waals surface area contributed by atoms with Gasteiger partial charge in [-0.05, 0) is 24.3 Å². The Labute approximate surface area is 135 Å². The van der Waals surface area contributed by atoms with E-state index in [1.165, 1.54) is 29.1 Å². The van der Waals surface area contributed by atoms with Crippen LogP contribution in [-0.4, -0.2) is 20.6 Å². The summed E-state index contributed by atoms with van der Waals surface area (Å²) in [5.74, 6) is 0. The molecular weight excluding hydrogens is 322 g/mol. The van der Waals surface area contributed by atoms with Gasteiger partial charge >= 0.3 is 6.09 Å². The van der Waals surface area contributed by atoms with Crippen molar-refractivity contribution in [3.05, 3.63) is 69.5 Å². The number of hydrogen-bond donors (Lipinski definition) is 0. The number of carbonyl (C=O) groups excluding carboxylic acids is 1. The van der Waals surface area contributed by atoms with Crippen molar-refractivity contribution in [3.63, 3.8) is 0 Å². The second kappa shape index (κ2) is 6.05. The lowest BCUT2D eigenvalue weighted by Crippen LogP contribution is -2.13. The van der Waals surface area contributed by atoms with Crippen LogP contribution in [0.5, 0.6) is 0 Å². The molecule has 0 N–H and O–H groups in total. The minimum absolute atomic E-state index is 0.194. The number of ether oxygens (including phenoxy) is 1. The number of nitro benzene ring substituents is 1. The predicted molar refractivity (Wildman–Crippen MR) is 83.4 cm³/mol. The summed E-state index contributed by atoms with van der Waals surface area (Å²) in [4.78, 5) is 26.7. The van der Waals surface area contributed by atoms with Crippen LogP contribution in [0.3, 0.4) is 0 Å². The normalized spacial score (nSPS) is 10.7. The van der Waals surface area contributed by atoms with Gasteiger partial charge < -0.3 is 4.74 Å². The summed E-state index contributed by atoms with van der Waals surface area (Å²) >= 11 is 5.75.